The maximum Gasteiger partial charge on any atom is 0.221 e. The minimum absolute atomic E-state index is 0.0492. The van der Waals surface area contributed by atoms with E-state index in [2.05, 4.69) is 15.6 Å². The number of amides is 1. The molecule has 0 fully saturated rings. The van der Waals surface area contributed by atoms with Crippen LogP contribution in [0.3, 0.4) is 0 Å². The number of hydrogen-bond acceptors (Lipinski definition) is 5. The Kier molecular flexibility index (Phi) is 4.72. The van der Waals surface area contributed by atoms with Crippen LogP contribution < -0.4 is 11.1 Å². The molecule has 0 aliphatic rings. The molecule has 0 saturated heterocycles. The minimum Gasteiger partial charge on any atom is -0.395 e. The number of aliphatic hydroxyl groups excluding tert-OH is 1. The molecule has 0 unspecified atom stereocenters. The molecule has 1 aromatic heterocycles. The van der Waals surface area contributed by atoms with Crippen molar-refractivity contribution in [2.24, 2.45) is 5.73 Å². The predicted molar refractivity (Wildman–Crippen MR) is 52.6 cm³/mol. The molecule has 7 heteroatoms. The SMILES string of the molecule is NCc1cn(CCC(=O)NCCO)nn1. The van der Waals surface area contributed by atoms with Crippen molar-refractivity contribution in [3.63, 3.8) is 0 Å². The normalized spacial score (nSPS) is 10.3. The Bertz CT molecular complexity index is 312. The summed E-state index contributed by atoms with van der Waals surface area (Å²) >= 11 is 0. The number of aliphatic hydroxyl groups is 1. The number of rotatable bonds is 6. The van der Waals surface area contributed by atoms with Gasteiger partial charge in [0.2, 0.25) is 5.91 Å². The van der Waals surface area contributed by atoms with Gasteiger partial charge in [0.15, 0.2) is 0 Å². The van der Waals surface area contributed by atoms with Crippen molar-refractivity contribution in [3.05, 3.63) is 11.9 Å². The van der Waals surface area contributed by atoms with Gasteiger partial charge in [-0.3, -0.25) is 9.48 Å². The van der Waals surface area contributed by atoms with E-state index in [1.165, 1.54) is 0 Å². The highest BCUT2D eigenvalue weighted by atomic mass is 16.3. The lowest BCUT2D eigenvalue weighted by Gasteiger charge is -2.02. The van der Waals surface area contributed by atoms with Gasteiger partial charge in [0.1, 0.15) is 0 Å². The maximum atomic E-state index is 11.1. The Morgan fingerprint density at radius 1 is 1.67 bits per heavy atom. The number of nitrogens with one attached hydrogen (secondary N) is 1. The average molecular weight is 213 g/mol. The van der Waals surface area contributed by atoms with Gasteiger partial charge in [0.05, 0.1) is 18.8 Å². The van der Waals surface area contributed by atoms with Crippen LogP contribution in [-0.2, 0) is 17.9 Å². The Morgan fingerprint density at radius 3 is 3.07 bits per heavy atom. The second kappa shape index (κ2) is 6.10. The van der Waals surface area contributed by atoms with Crippen LogP contribution in [0.25, 0.3) is 0 Å². The Labute approximate surface area is 87.3 Å². The fourth-order valence-corrected chi connectivity index (χ4v) is 1.04. The Morgan fingerprint density at radius 2 is 2.47 bits per heavy atom. The highest BCUT2D eigenvalue weighted by molar-refractivity contribution is 5.75. The largest absolute Gasteiger partial charge is 0.395 e. The monoisotopic (exact) mass is 213 g/mol. The van der Waals surface area contributed by atoms with E-state index in [-0.39, 0.29) is 19.1 Å². The van der Waals surface area contributed by atoms with Crippen molar-refractivity contribution < 1.29 is 9.90 Å². The number of nitrogens with two attached hydrogens (primary N) is 1. The van der Waals surface area contributed by atoms with Crippen molar-refractivity contribution in [2.45, 2.75) is 19.5 Å². The van der Waals surface area contributed by atoms with Crippen LogP contribution >= 0.6 is 0 Å². The molecule has 0 aromatic carbocycles. The van der Waals surface area contributed by atoms with Crippen molar-refractivity contribution in [1.29, 1.82) is 0 Å². The molecule has 0 atom stereocenters. The van der Waals surface area contributed by atoms with Gasteiger partial charge >= 0.3 is 0 Å². The summed E-state index contributed by atoms with van der Waals surface area (Å²) < 4.78 is 1.57. The summed E-state index contributed by atoms with van der Waals surface area (Å²) in [6.07, 6.45) is 2.02. The van der Waals surface area contributed by atoms with Crippen LogP contribution in [-0.4, -0.2) is 39.2 Å². The lowest BCUT2D eigenvalue weighted by molar-refractivity contribution is -0.121. The number of carbonyl (C=O) groups is 1. The molecule has 1 heterocycles. The van der Waals surface area contributed by atoms with E-state index in [1.54, 1.807) is 10.9 Å². The summed E-state index contributed by atoms with van der Waals surface area (Å²) in [4.78, 5) is 11.1. The number of nitrogens with zero attached hydrogens (tertiary/aromatic N) is 3. The molecular weight excluding hydrogens is 198 g/mol. The van der Waals surface area contributed by atoms with Crippen molar-refractivity contribution in [1.82, 2.24) is 20.3 Å². The first-order chi connectivity index (χ1) is 7.26. The van der Waals surface area contributed by atoms with E-state index < -0.39 is 0 Å². The van der Waals surface area contributed by atoms with Crippen LogP contribution in [0.5, 0.6) is 0 Å². The highest BCUT2D eigenvalue weighted by Gasteiger charge is 2.02. The van der Waals surface area contributed by atoms with E-state index in [9.17, 15) is 4.79 Å². The Hall–Kier alpha value is -1.47. The van der Waals surface area contributed by atoms with Crippen LogP contribution in [0.15, 0.2) is 6.20 Å². The van der Waals surface area contributed by atoms with Gasteiger partial charge in [-0.1, -0.05) is 5.21 Å². The molecular formula is C8H15N5O2. The van der Waals surface area contributed by atoms with E-state index in [0.717, 1.165) is 0 Å². The fraction of sp³-hybridized carbons (Fsp3) is 0.625. The first-order valence-corrected chi connectivity index (χ1v) is 4.73. The summed E-state index contributed by atoms with van der Waals surface area (Å²) in [7, 11) is 0. The molecule has 0 spiro atoms. The van der Waals surface area contributed by atoms with E-state index in [0.29, 0.717) is 25.2 Å². The molecule has 0 aliphatic heterocycles. The minimum atomic E-state index is -0.117. The zero-order chi connectivity index (χ0) is 11.1. The molecule has 15 heavy (non-hydrogen) atoms. The van der Waals surface area contributed by atoms with Crippen molar-refractivity contribution in [2.75, 3.05) is 13.2 Å². The molecule has 84 valence electrons. The third-order valence-corrected chi connectivity index (χ3v) is 1.80. The van der Waals surface area contributed by atoms with Gasteiger partial charge in [-0.05, 0) is 0 Å². The molecule has 0 radical (unpaired) electrons. The zero-order valence-electron chi connectivity index (χ0n) is 8.39. The van der Waals surface area contributed by atoms with Crippen LogP contribution in [0, 0.1) is 0 Å². The zero-order valence-corrected chi connectivity index (χ0v) is 8.39. The summed E-state index contributed by atoms with van der Waals surface area (Å²) in [5.74, 6) is -0.117. The van der Waals surface area contributed by atoms with Crippen LogP contribution in [0.4, 0.5) is 0 Å². The average Bonchev–Trinajstić information content (AvgIpc) is 2.71. The van der Waals surface area contributed by atoms with Gasteiger partial charge in [-0.25, -0.2) is 0 Å². The summed E-state index contributed by atoms with van der Waals surface area (Å²) in [6, 6.07) is 0. The van der Waals surface area contributed by atoms with Gasteiger partial charge < -0.3 is 16.2 Å². The van der Waals surface area contributed by atoms with Crippen molar-refractivity contribution in [3.8, 4) is 0 Å². The van der Waals surface area contributed by atoms with Gasteiger partial charge in [-0.2, -0.15) is 0 Å². The quantitative estimate of drug-likeness (QED) is 0.519. The van der Waals surface area contributed by atoms with Crippen LogP contribution in [0.1, 0.15) is 12.1 Å². The van der Waals surface area contributed by atoms with E-state index in [1.807, 2.05) is 0 Å². The smallest absolute Gasteiger partial charge is 0.221 e. The lowest BCUT2D eigenvalue weighted by Crippen LogP contribution is -2.27. The third kappa shape index (κ3) is 4.05. The summed E-state index contributed by atoms with van der Waals surface area (Å²) in [5, 5.41) is 18.6. The molecule has 4 N–H and O–H groups in total. The number of hydrogen-bond donors (Lipinski definition) is 3. The van der Waals surface area contributed by atoms with Crippen molar-refractivity contribution >= 4 is 5.91 Å². The fourth-order valence-electron chi connectivity index (χ4n) is 1.04. The van der Waals surface area contributed by atoms with E-state index >= 15 is 0 Å². The Balaban J connectivity index is 2.27. The lowest BCUT2D eigenvalue weighted by atomic mass is 10.4. The molecule has 1 aromatic rings. The summed E-state index contributed by atoms with van der Waals surface area (Å²) in [6.45, 7) is 1.04. The molecule has 7 nitrogen and oxygen atoms in total. The number of aryl methyl sites for hydroxylation is 1. The highest BCUT2D eigenvalue weighted by Crippen LogP contribution is 1.93. The molecule has 0 bridgehead atoms. The molecule has 1 rings (SSSR count). The number of carbonyl (C=O) groups excluding carboxylic acids is 1. The predicted octanol–water partition coefficient (Wildman–Crippen LogP) is -1.76. The second-order valence-electron chi connectivity index (χ2n) is 3.00. The maximum absolute atomic E-state index is 11.1. The molecule has 0 saturated carbocycles. The molecule has 0 aliphatic carbocycles. The van der Waals surface area contributed by atoms with Crippen LogP contribution in [0.2, 0.25) is 0 Å². The van der Waals surface area contributed by atoms with Gasteiger partial charge in [0, 0.05) is 25.7 Å². The van der Waals surface area contributed by atoms with E-state index in [4.69, 9.17) is 10.8 Å². The van der Waals surface area contributed by atoms with Gasteiger partial charge in [0.25, 0.3) is 0 Å². The third-order valence-electron chi connectivity index (χ3n) is 1.80. The molecule has 1 amide bonds. The first kappa shape index (κ1) is 11.6. The topological polar surface area (TPSA) is 106 Å². The second-order valence-corrected chi connectivity index (χ2v) is 3.00. The first-order valence-electron chi connectivity index (χ1n) is 4.73. The summed E-state index contributed by atoms with van der Waals surface area (Å²) in [5.41, 5.74) is 6.06. The standard InChI is InChI=1S/C8H15N5O2/c9-5-7-6-13(12-11-7)3-1-8(15)10-2-4-14/h6,14H,1-5,9H2,(H,10,15). The number of aromatic nitrogens is 3. The van der Waals surface area contributed by atoms with Gasteiger partial charge in [-0.15, -0.1) is 5.10 Å².